The Morgan fingerprint density at radius 1 is 0.984 bits per heavy atom. The maximum Gasteiger partial charge on any atom is 0.408 e. The lowest BCUT2D eigenvalue weighted by Crippen LogP contribution is -2.60. The van der Waals surface area contributed by atoms with E-state index in [4.69, 9.17) is 14.2 Å². The Morgan fingerprint density at radius 2 is 1.61 bits per heavy atom. The summed E-state index contributed by atoms with van der Waals surface area (Å²) in [4.78, 5) is 60.4. The number of aromatic nitrogens is 1. The van der Waals surface area contributed by atoms with E-state index in [1.807, 2.05) is 0 Å². The summed E-state index contributed by atoms with van der Waals surface area (Å²) < 4.78 is 118. The van der Waals surface area contributed by atoms with Crippen molar-refractivity contribution in [3.8, 4) is 11.6 Å². The first-order valence-electron chi connectivity index (χ1n) is 18.7. The lowest BCUT2D eigenvalue weighted by molar-refractivity contribution is -0.143. The van der Waals surface area contributed by atoms with E-state index in [1.54, 1.807) is 83.7 Å². The number of benzene rings is 1. The molecular formula is C36H52F4N6O13S2. The third kappa shape index (κ3) is 15.1. The summed E-state index contributed by atoms with van der Waals surface area (Å²) in [5, 5.41) is 10.9. The number of nitrogens with two attached hydrogens (primary N) is 1. The van der Waals surface area contributed by atoms with Crippen LogP contribution >= 0.6 is 0 Å². The van der Waals surface area contributed by atoms with Crippen LogP contribution < -0.4 is 30.0 Å². The van der Waals surface area contributed by atoms with Crippen LogP contribution in [0, 0.1) is 11.3 Å². The van der Waals surface area contributed by atoms with Gasteiger partial charge in [0.2, 0.25) is 17.7 Å². The van der Waals surface area contributed by atoms with Gasteiger partial charge in [-0.05, 0) is 68.2 Å². The Bertz CT molecular complexity index is 2120. The Balaban J connectivity index is 0.000000987. The normalized spacial score (nSPS) is 21.0. The van der Waals surface area contributed by atoms with Crippen LogP contribution in [0.2, 0.25) is 0 Å². The molecular weight excluding hydrogens is 865 g/mol. The third-order valence-electron chi connectivity index (χ3n) is 9.11. The SMILES string of the molecule is CC[C@@H]1C[C@]1(NC(=O)[C@@H]1C[C@@H](Oc2nccc3cc(OC)ccc23)CN1C(=O)[C@@H](NC(=O)OC(C)(C)C)C(C)(C)C)C(=O)NS(=O)(=O)OCC(F)F.NS(=O)(=O)OCC(F)F. The first kappa shape index (κ1) is 50.8. The molecule has 5 atom stereocenters. The van der Waals surface area contributed by atoms with E-state index in [2.05, 4.69) is 29.1 Å². The van der Waals surface area contributed by atoms with Gasteiger partial charge in [0.15, 0.2) is 0 Å². The fraction of sp³-hybridized carbons (Fsp3) is 0.639. The molecule has 2 aliphatic rings. The number of hydrogen-bond acceptors (Lipinski definition) is 14. The number of pyridine rings is 1. The number of fused-ring (bicyclic) bond motifs is 1. The van der Waals surface area contributed by atoms with Crippen LogP contribution in [-0.2, 0) is 48.1 Å². The summed E-state index contributed by atoms with van der Waals surface area (Å²) in [5.41, 5.74) is -3.47. The summed E-state index contributed by atoms with van der Waals surface area (Å²) in [6.45, 7) is 9.15. The van der Waals surface area contributed by atoms with Gasteiger partial charge >= 0.3 is 26.7 Å². The Morgan fingerprint density at radius 3 is 2.11 bits per heavy atom. The van der Waals surface area contributed by atoms with Crippen LogP contribution in [0.5, 0.6) is 11.6 Å². The molecule has 1 aromatic heterocycles. The Hall–Kier alpha value is -4.59. The predicted molar refractivity (Wildman–Crippen MR) is 209 cm³/mol. The van der Waals surface area contributed by atoms with Crippen molar-refractivity contribution in [2.75, 3.05) is 26.9 Å². The second-order valence-corrected chi connectivity index (χ2v) is 18.7. The zero-order valence-corrected chi connectivity index (χ0v) is 36.3. The van der Waals surface area contributed by atoms with E-state index in [0.29, 0.717) is 17.6 Å². The van der Waals surface area contributed by atoms with Gasteiger partial charge in [-0.25, -0.2) is 41.4 Å². The van der Waals surface area contributed by atoms with Crippen molar-refractivity contribution in [3.05, 3.63) is 30.5 Å². The monoisotopic (exact) mass is 916 g/mol. The standard InChI is InChI=1S/C34H47F2N5O10S.C2H5F2NO3S/c1-9-20-16-34(20,30(44)40-52(46,47)49-18-25(35)36)39-27(42)24-15-22(50-28-23-11-10-21(48-8)14-19(23)12-13-37-28)17-41(24)29(43)26(32(2,3)4)38-31(45)51-33(5,6)7;3-2(4)1-8-9(5,6)7/h10-14,20,22,24-26H,9,15-18H2,1-8H3,(H,38,45)(H,39,42)(H,40,44);2H,1H2,(H2,5,6,7)/t20-,22-,24+,26-,34-;/m1./s1. The lowest BCUT2D eigenvalue weighted by Gasteiger charge is -2.36. The number of alkyl halides is 4. The molecule has 0 bridgehead atoms. The second-order valence-electron chi connectivity index (χ2n) is 16.1. The molecule has 4 amide bonds. The molecule has 25 heteroatoms. The number of amides is 4. The fourth-order valence-electron chi connectivity index (χ4n) is 6.26. The molecule has 344 valence electrons. The van der Waals surface area contributed by atoms with Gasteiger partial charge in [0.05, 0.1) is 13.7 Å². The van der Waals surface area contributed by atoms with Crippen LogP contribution in [-0.4, -0.2) is 120 Å². The smallest absolute Gasteiger partial charge is 0.408 e. The van der Waals surface area contributed by atoms with Gasteiger partial charge in [0.25, 0.3) is 18.8 Å². The first-order valence-corrected chi connectivity index (χ1v) is 21.5. The first-order chi connectivity index (χ1) is 28.0. The molecule has 0 radical (unpaired) electrons. The number of methoxy groups -OCH3 is 1. The molecule has 1 aromatic carbocycles. The van der Waals surface area contributed by atoms with Crippen LogP contribution in [0.25, 0.3) is 10.8 Å². The second kappa shape index (κ2) is 20.1. The molecule has 1 saturated heterocycles. The number of nitrogens with one attached hydrogen (secondary N) is 3. The van der Waals surface area contributed by atoms with E-state index in [0.717, 1.165) is 5.39 Å². The lowest BCUT2D eigenvalue weighted by atomic mass is 9.85. The highest BCUT2D eigenvalue weighted by atomic mass is 32.2. The molecule has 1 aliphatic carbocycles. The van der Waals surface area contributed by atoms with Crippen molar-refractivity contribution in [2.45, 2.75) is 110 Å². The van der Waals surface area contributed by atoms with Crippen molar-refractivity contribution in [1.29, 1.82) is 0 Å². The number of nitrogens with zero attached hydrogens (tertiary/aromatic N) is 2. The maximum atomic E-state index is 14.4. The fourth-order valence-corrected chi connectivity index (χ4v) is 7.30. The van der Waals surface area contributed by atoms with Gasteiger partial charge in [-0.3, -0.25) is 18.6 Å². The number of rotatable bonds is 16. The molecule has 5 N–H and O–H groups in total. The molecule has 61 heavy (non-hydrogen) atoms. The third-order valence-corrected chi connectivity index (χ3v) is 10.5. The number of alkyl carbamates (subject to hydrolysis) is 1. The van der Waals surface area contributed by atoms with Crippen LogP contribution in [0.15, 0.2) is 30.5 Å². The topological polar surface area (TPSA) is 261 Å². The molecule has 2 fully saturated rings. The summed E-state index contributed by atoms with van der Waals surface area (Å²) in [6.07, 6.45) is -5.70. The van der Waals surface area contributed by atoms with Crippen LogP contribution in [0.3, 0.4) is 0 Å². The van der Waals surface area contributed by atoms with Gasteiger partial charge < -0.3 is 29.7 Å². The highest BCUT2D eigenvalue weighted by Gasteiger charge is 2.62. The molecule has 2 heterocycles. The van der Waals surface area contributed by atoms with Crippen molar-refractivity contribution < 1.29 is 76.2 Å². The minimum absolute atomic E-state index is 0.0419. The quantitative estimate of drug-likeness (QED) is 0.177. The van der Waals surface area contributed by atoms with Gasteiger partial charge in [-0.15, -0.1) is 0 Å². The number of ether oxygens (including phenoxy) is 3. The van der Waals surface area contributed by atoms with E-state index in [-0.39, 0.29) is 25.3 Å². The molecule has 0 spiro atoms. The molecule has 4 rings (SSSR count). The number of likely N-dealkylation sites (tertiary alicyclic amines) is 1. The van der Waals surface area contributed by atoms with Gasteiger partial charge in [-0.2, -0.15) is 16.8 Å². The average Bonchev–Trinajstić information content (AvgIpc) is 3.69. The zero-order valence-electron chi connectivity index (χ0n) is 34.7. The van der Waals surface area contributed by atoms with Gasteiger partial charge in [0, 0.05) is 18.0 Å². The van der Waals surface area contributed by atoms with E-state index >= 15 is 0 Å². The highest BCUT2D eigenvalue weighted by Crippen LogP contribution is 2.46. The molecule has 2 aromatic rings. The van der Waals surface area contributed by atoms with E-state index in [1.165, 1.54) is 12.0 Å². The van der Waals surface area contributed by atoms with Crippen LogP contribution in [0.1, 0.15) is 67.7 Å². The highest BCUT2D eigenvalue weighted by molar-refractivity contribution is 7.85. The summed E-state index contributed by atoms with van der Waals surface area (Å²) >= 11 is 0. The van der Waals surface area contributed by atoms with E-state index < -0.39 is 111 Å². The maximum absolute atomic E-state index is 14.4. The molecule has 1 aliphatic heterocycles. The van der Waals surface area contributed by atoms with Crippen molar-refractivity contribution in [3.63, 3.8) is 0 Å². The number of carbonyl (C=O) groups excluding carboxylic acids is 4. The number of carbonyl (C=O) groups is 4. The van der Waals surface area contributed by atoms with E-state index in [9.17, 15) is 53.6 Å². The summed E-state index contributed by atoms with van der Waals surface area (Å²) in [5.74, 6) is -2.26. The number of hydrogen-bond donors (Lipinski definition) is 4. The Kier molecular flexibility index (Phi) is 16.7. The molecule has 0 unspecified atom stereocenters. The largest absolute Gasteiger partial charge is 0.497 e. The van der Waals surface area contributed by atoms with Gasteiger partial charge in [0.1, 0.15) is 48.3 Å². The zero-order chi connectivity index (χ0) is 46.3. The summed E-state index contributed by atoms with van der Waals surface area (Å²) in [7, 11) is -7.59. The minimum Gasteiger partial charge on any atom is -0.497 e. The number of halogens is 4. The average molecular weight is 917 g/mol. The van der Waals surface area contributed by atoms with Gasteiger partial charge in [-0.1, -0.05) is 34.1 Å². The minimum atomic E-state index is -4.93. The summed E-state index contributed by atoms with van der Waals surface area (Å²) in [6, 6.07) is 4.62. The van der Waals surface area contributed by atoms with Crippen LogP contribution in [0.4, 0.5) is 22.4 Å². The molecule has 19 nitrogen and oxygen atoms in total. The van der Waals surface area contributed by atoms with Crippen molar-refractivity contribution in [2.24, 2.45) is 16.5 Å². The predicted octanol–water partition coefficient (Wildman–Crippen LogP) is 2.93. The Labute approximate surface area is 351 Å². The van der Waals surface area contributed by atoms with Crippen molar-refractivity contribution >= 4 is 55.2 Å². The molecule has 1 saturated carbocycles. The van der Waals surface area contributed by atoms with Crippen molar-refractivity contribution in [1.82, 2.24) is 25.2 Å².